The van der Waals surface area contributed by atoms with Crippen LogP contribution in [-0.4, -0.2) is 59.4 Å². The highest BCUT2D eigenvalue weighted by Gasteiger charge is 2.41. The first-order valence-electron chi connectivity index (χ1n) is 10.1. The summed E-state index contributed by atoms with van der Waals surface area (Å²) >= 11 is 0. The second kappa shape index (κ2) is 7.11. The Bertz CT molecular complexity index is 814. The van der Waals surface area contributed by atoms with E-state index in [4.69, 9.17) is 4.74 Å². The van der Waals surface area contributed by atoms with E-state index >= 15 is 0 Å². The molecule has 1 aliphatic carbocycles. The lowest BCUT2D eigenvalue weighted by Gasteiger charge is -2.47. The Morgan fingerprint density at radius 2 is 1.93 bits per heavy atom. The van der Waals surface area contributed by atoms with Crippen LogP contribution < -0.4 is 10.2 Å². The number of alkyl halides is 2. The van der Waals surface area contributed by atoms with Crippen molar-refractivity contribution in [2.45, 2.75) is 38.2 Å². The SMILES string of the molecule is FC(F)c1nn(C2CCC3(CC2)CNC3)cc1-c1cc(N2CCOCC2)[nH]n1. The molecule has 3 fully saturated rings. The Balaban J connectivity index is 1.38. The van der Waals surface area contributed by atoms with Crippen LogP contribution in [0.2, 0.25) is 0 Å². The molecule has 0 bridgehead atoms. The monoisotopic (exact) mass is 392 g/mol. The van der Waals surface area contributed by atoms with E-state index in [0.29, 0.717) is 29.9 Å². The van der Waals surface area contributed by atoms with Gasteiger partial charge in [-0.1, -0.05) is 0 Å². The summed E-state index contributed by atoms with van der Waals surface area (Å²) < 4.78 is 34.5. The van der Waals surface area contributed by atoms with E-state index in [1.807, 2.05) is 6.07 Å². The summed E-state index contributed by atoms with van der Waals surface area (Å²) in [5, 5.41) is 14.9. The number of nitrogens with zero attached hydrogens (tertiary/aromatic N) is 4. The van der Waals surface area contributed by atoms with Crippen LogP contribution in [-0.2, 0) is 4.74 Å². The number of halogens is 2. The van der Waals surface area contributed by atoms with Gasteiger partial charge in [0.05, 0.1) is 24.9 Å². The molecule has 5 rings (SSSR count). The molecule has 3 aliphatic rings. The number of anilines is 1. The average molecular weight is 392 g/mol. The third-order valence-electron chi connectivity index (χ3n) is 6.55. The van der Waals surface area contributed by atoms with Crippen LogP contribution in [0.15, 0.2) is 12.3 Å². The van der Waals surface area contributed by atoms with Gasteiger partial charge in [-0.25, -0.2) is 8.78 Å². The van der Waals surface area contributed by atoms with Gasteiger partial charge in [0.1, 0.15) is 11.5 Å². The molecular formula is C19H26F2N6O. The predicted molar refractivity (Wildman–Crippen MR) is 101 cm³/mol. The summed E-state index contributed by atoms with van der Waals surface area (Å²) in [7, 11) is 0. The van der Waals surface area contributed by atoms with Crippen LogP contribution in [0.25, 0.3) is 11.3 Å². The summed E-state index contributed by atoms with van der Waals surface area (Å²) in [4.78, 5) is 2.12. The first-order chi connectivity index (χ1) is 13.6. The molecule has 2 saturated heterocycles. The molecule has 1 spiro atoms. The molecule has 0 unspecified atom stereocenters. The van der Waals surface area contributed by atoms with Gasteiger partial charge in [-0.3, -0.25) is 9.78 Å². The average Bonchev–Trinajstić information content (AvgIpc) is 3.35. The lowest BCUT2D eigenvalue weighted by molar-refractivity contribution is 0.0803. The van der Waals surface area contributed by atoms with E-state index in [0.717, 1.165) is 57.7 Å². The molecular weight excluding hydrogens is 366 g/mol. The van der Waals surface area contributed by atoms with Crippen molar-refractivity contribution in [3.8, 4) is 11.3 Å². The topological polar surface area (TPSA) is 71.0 Å². The fraction of sp³-hybridized carbons (Fsp3) is 0.684. The molecule has 152 valence electrons. The number of aromatic nitrogens is 4. The molecule has 7 nitrogen and oxygen atoms in total. The van der Waals surface area contributed by atoms with E-state index in [-0.39, 0.29) is 11.7 Å². The van der Waals surface area contributed by atoms with Gasteiger partial charge in [-0.05, 0) is 31.1 Å². The van der Waals surface area contributed by atoms with Gasteiger partial charge in [0.25, 0.3) is 6.43 Å². The molecule has 2 aliphatic heterocycles. The Kier molecular flexibility index (Phi) is 4.59. The number of H-pyrrole nitrogens is 1. The first-order valence-corrected chi connectivity index (χ1v) is 10.1. The van der Waals surface area contributed by atoms with Crippen LogP contribution in [0.5, 0.6) is 0 Å². The maximum absolute atomic E-state index is 13.7. The second-order valence-electron chi connectivity index (χ2n) is 8.28. The summed E-state index contributed by atoms with van der Waals surface area (Å²) in [6.07, 6.45) is 3.39. The van der Waals surface area contributed by atoms with Gasteiger partial charge in [0, 0.05) is 44.0 Å². The molecule has 0 radical (unpaired) electrons. The van der Waals surface area contributed by atoms with E-state index in [9.17, 15) is 8.78 Å². The largest absolute Gasteiger partial charge is 0.378 e. The van der Waals surface area contributed by atoms with Crippen molar-refractivity contribution in [1.82, 2.24) is 25.3 Å². The van der Waals surface area contributed by atoms with Crippen molar-refractivity contribution < 1.29 is 13.5 Å². The Hall–Kier alpha value is -2.00. The van der Waals surface area contributed by atoms with Crippen LogP contribution in [0.4, 0.5) is 14.6 Å². The number of rotatable bonds is 4. The van der Waals surface area contributed by atoms with Crippen LogP contribution in [0.3, 0.4) is 0 Å². The molecule has 4 heterocycles. The molecule has 2 N–H and O–H groups in total. The van der Waals surface area contributed by atoms with Gasteiger partial charge in [0.15, 0.2) is 0 Å². The van der Waals surface area contributed by atoms with E-state index < -0.39 is 6.43 Å². The Morgan fingerprint density at radius 3 is 2.57 bits per heavy atom. The third kappa shape index (κ3) is 3.20. The number of morpholine rings is 1. The summed E-state index contributed by atoms with van der Waals surface area (Å²) in [5.41, 5.74) is 1.22. The Morgan fingerprint density at radius 1 is 1.18 bits per heavy atom. The first kappa shape index (κ1) is 18.1. The fourth-order valence-corrected chi connectivity index (χ4v) is 4.68. The minimum Gasteiger partial charge on any atom is -0.378 e. The molecule has 0 amide bonds. The second-order valence-corrected chi connectivity index (χ2v) is 8.28. The standard InChI is InChI=1S/C19H26F2N6O/c20-18(21)17-14(15-9-16(24-23-15)26-5-7-28-8-6-26)10-27(25-17)13-1-3-19(4-2-13)11-22-12-19/h9-10,13,18,22H,1-8,11-12H2,(H,23,24). The van der Waals surface area contributed by atoms with Crippen molar-refractivity contribution in [3.63, 3.8) is 0 Å². The molecule has 2 aromatic heterocycles. The molecule has 0 aromatic carbocycles. The highest BCUT2D eigenvalue weighted by molar-refractivity contribution is 5.65. The number of aromatic amines is 1. The maximum Gasteiger partial charge on any atom is 0.282 e. The minimum absolute atomic E-state index is 0.175. The van der Waals surface area contributed by atoms with Crippen LogP contribution in [0, 0.1) is 5.41 Å². The van der Waals surface area contributed by atoms with Crippen molar-refractivity contribution in [2.24, 2.45) is 5.41 Å². The summed E-state index contributed by atoms with van der Waals surface area (Å²) in [6, 6.07) is 2.03. The number of hydrogen-bond acceptors (Lipinski definition) is 5. The van der Waals surface area contributed by atoms with Gasteiger partial charge >= 0.3 is 0 Å². The molecule has 1 saturated carbocycles. The van der Waals surface area contributed by atoms with E-state index in [2.05, 4.69) is 25.5 Å². The zero-order chi connectivity index (χ0) is 19.1. The van der Waals surface area contributed by atoms with Crippen LogP contribution >= 0.6 is 0 Å². The highest BCUT2D eigenvalue weighted by atomic mass is 19.3. The van der Waals surface area contributed by atoms with E-state index in [1.54, 1.807) is 10.9 Å². The lowest BCUT2D eigenvalue weighted by atomic mass is 9.68. The molecule has 28 heavy (non-hydrogen) atoms. The normalized spacial score (nSPS) is 22.8. The fourth-order valence-electron chi connectivity index (χ4n) is 4.68. The van der Waals surface area contributed by atoms with E-state index in [1.165, 1.54) is 0 Å². The number of nitrogens with one attached hydrogen (secondary N) is 2. The van der Waals surface area contributed by atoms with Crippen molar-refractivity contribution in [1.29, 1.82) is 0 Å². The minimum atomic E-state index is -2.62. The maximum atomic E-state index is 13.7. The lowest BCUT2D eigenvalue weighted by Crippen LogP contribution is -2.54. The highest BCUT2D eigenvalue weighted by Crippen LogP contribution is 2.44. The zero-order valence-electron chi connectivity index (χ0n) is 15.8. The number of hydrogen-bond donors (Lipinski definition) is 2. The van der Waals surface area contributed by atoms with Gasteiger partial charge in [-0.2, -0.15) is 10.2 Å². The van der Waals surface area contributed by atoms with Crippen molar-refractivity contribution in [2.75, 3.05) is 44.3 Å². The Labute approximate surface area is 162 Å². The zero-order valence-corrected chi connectivity index (χ0v) is 15.8. The van der Waals surface area contributed by atoms with Crippen LogP contribution in [0.1, 0.15) is 43.8 Å². The van der Waals surface area contributed by atoms with Gasteiger partial charge in [-0.15, -0.1) is 0 Å². The van der Waals surface area contributed by atoms with Crippen molar-refractivity contribution >= 4 is 5.82 Å². The number of ether oxygens (including phenoxy) is 1. The molecule has 0 atom stereocenters. The summed E-state index contributed by atoms with van der Waals surface area (Å²) in [6.45, 7) is 5.02. The smallest absolute Gasteiger partial charge is 0.282 e. The quantitative estimate of drug-likeness (QED) is 0.837. The van der Waals surface area contributed by atoms with Crippen molar-refractivity contribution in [3.05, 3.63) is 18.0 Å². The third-order valence-corrected chi connectivity index (χ3v) is 6.55. The van der Waals surface area contributed by atoms with Gasteiger partial charge in [0.2, 0.25) is 0 Å². The molecule has 9 heteroatoms. The molecule has 2 aromatic rings. The van der Waals surface area contributed by atoms with Gasteiger partial charge < -0.3 is 15.0 Å². The predicted octanol–water partition coefficient (Wildman–Crippen LogP) is 2.75. The summed E-state index contributed by atoms with van der Waals surface area (Å²) in [5.74, 6) is 0.836.